The number of rotatable bonds is 2. The molecule has 1 amide bonds. The molecule has 0 spiro atoms. The van der Waals surface area contributed by atoms with Gasteiger partial charge in [0.05, 0.1) is 10.2 Å². The third-order valence-corrected chi connectivity index (χ3v) is 5.14. The van der Waals surface area contributed by atoms with Crippen LogP contribution >= 0.6 is 11.3 Å². The van der Waals surface area contributed by atoms with Crippen LogP contribution in [-0.2, 0) is 7.05 Å². The summed E-state index contributed by atoms with van der Waals surface area (Å²) in [7, 11) is 5.91. The molecule has 124 valence electrons. The van der Waals surface area contributed by atoms with Gasteiger partial charge in [-0.05, 0) is 55.3 Å². The molecule has 5 heteroatoms. The number of anilines is 1. The molecule has 1 aromatic heterocycles. The van der Waals surface area contributed by atoms with Crippen molar-refractivity contribution in [2.24, 2.45) is 12.0 Å². The van der Waals surface area contributed by atoms with Crippen molar-refractivity contribution < 1.29 is 4.79 Å². The van der Waals surface area contributed by atoms with Crippen LogP contribution in [0.15, 0.2) is 41.4 Å². The van der Waals surface area contributed by atoms with Crippen LogP contribution in [-0.4, -0.2) is 24.6 Å². The van der Waals surface area contributed by atoms with E-state index >= 15 is 0 Å². The Balaban J connectivity index is 2.04. The van der Waals surface area contributed by atoms with E-state index in [1.165, 1.54) is 11.1 Å². The van der Waals surface area contributed by atoms with Gasteiger partial charge in [-0.1, -0.05) is 17.4 Å². The van der Waals surface area contributed by atoms with Crippen LogP contribution in [0.2, 0.25) is 0 Å². The van der Waals surface area contributed by atoms with Crippen LogP contribution in [0.3, 0.4) is 0 Å². The van der Waals surface area contributed by atoms with Gasteiger partial charge in [0.1, 0.15) is 0 Å². The zero-order valence-electron chi connectivity index (χ0n) is 14.6. The first-order chi connectivity index (χ1) is 11.4. The summed E-state index contributed by atoms with van der Waals surface area (Å²) in [6.07, 6.45) is 0. The van der Waals surface area contributed by atoms with Gasteiger partial charge in [-0.25, -0.2) is 0 Å². The van der Waals surface area contributed by atoms with Crippen LogP contribution in [0.1, 0.15) is 21.5 Å². The van der Waals surface area contributed by atoms with Crippen molar-refractivity contribution in [3.8, 4) is 0 Å². The van der Waals surface area contributed by atoms with Gasteiger partial charge in [0.15, 0.2) is 4.80 Å². The Kier molecular flexibility index (Phi) is 4.28. The van der Waals surface area contributed by atoms with Crippen molar-refractivity contribution in [2.75, 3.05) is 19.0 Å². The second kappa shape index (κ2) is 6.24. The normalized spacial score (nSPS) is 12.0. The van der Waals surface area contributed by atoms with E-state index in [9.17, 15) is 4.79 Å². The lowest BCUT2D eigenvalue weighted by Gasteiger charge is -2.11. The first-order valence-electron chi connectivity index (χ1n) is 7.80. The van der Waals surface area contributed by atoms with Gasteiger partial charge >= 0.3 is 0 Å². The van der Waals surface area contributed by atoms with Gasteiger partial charge in [-0.15, -0.1) is 0 Å². The molecule has 1 heterocycles. The Labute approximate surface area is 145 Å². The number of benzene rings is 2. The molecule has 3 rings (SSSR count). The molecule has 0 aliphatic heterocycles. The largest absolute Gasteiger partial charge is 0.378 e. The Bertz CT molecular complexity index is 978. The second-order valence-electron chi connectivity index (χ2n) is 6.23. The molecule has 0 radical (unpaired) electrons. The maximum Gasteiger partial charge on any atom is 0.279 e. The fourth-order valence-corrected chi connectivity index (χ4v) is 4.04. The van der Waals surface area contributed by atoms with Crippen molar-refractivity contribution in [1.82, 2.24) is 4.57 Å². The molecule has 0 saturated heterocycles. The number of thiazole rings is 1. The summed E-state index contributed by atoms with van der Waals surface area (Å²) in [6.45, 7) is 4.17. The summed E-state index contributed by atoms with van der Waals surface area (Å²) < 4.78 is 3.16. The lowest BCUT2D eigenvalue weighted by Crippen LogP contribution is -2.14. The third-order valence-electron chi connectivity index (χ3n) is 4.06. The molecule has 0 fully saturated rings. The van der Waals surface area contributed by atoms with E-state index in [1.54, 1.807) is 11.3 Å². The monoisotopic (exact) mass is 339 g/mol. The van der Waals surface area contributed by atoms with Crippen LogP contribution in [0.5, 0.6) is 0 Å². The second-order valence-corrected chi connectivity index (χ2v) is 7.24. The zero-order chi connectivity index (χ0) is 17.4. The highest BCUT2D eigenvalue weighted by molar-refractivity contribution is 7.16. The minimum Gasteiger partial charge on any atom is -0.378 e. The predicted molar refractivity (Wildman–Crippen MR) is 101 cm³/mol. The lowest BCUT2D eigenvalue weighted by atomic mass is 10.1. The highest BCUT2D eigenvalue weighted by Gasteiger charge is 2.09. The zero-order valence-corrected chi connectivity index (χ0v) is 15.4. The van der Waals surface area contributed by atoms with E-state index in [-0.39, 0.29) is 5.91 Å². The molecule has 0 aliphatic rings. The minimum atomic E-state index is -0.211. The van der Waals surface area contributed by atoms with Crippen molar-refractivity contribution in [3.63, 3.8) is 0 Å². The molecule has 24 heavy (non-hydrogen) atoms. The van der Waals surface area contributed by atoms with Crippen molar-refractivity contribution in [1.29, 1.82) is 0 Å². The fourth-order valence-electron chi connectivity index (χ4n) is 2.84. The number of hydrogen-bond donors (Lipinski definition) is 0. The lowest BCUT2D eigenvalue weighted by molar-refractivity contribution is 0.0998. The molecule has 0 aliphatic carbocycles. The van der Waals surface area contributed by atoms with Crippen molar-refractivity contribution in [2.45, 2.75) is 13.8 Å². The summed E-state index contributed by atoms with van der Waals surface area (Å²) in [5, 5.41) is 0. The number of aryl methyl sites for hydroxylation is 3. The molecule has 4 nitrogen and oxygen atoms in total. The average molecular weight is 339 g/mol. The molecular weight excluding hydrogens is 318 g/mol. The van der Waals surface area contributed by atoms with Gasteiger partial charge in [0.25, 0.3) is 5.91 Å². The van der Waals surface area contributed by atoms with E-state index in [0.717, 1.165) is 20.7 Å². The van der Waals surface area contributed by atoms with Gasteiger partial charge in [0, 0.05) is 32.4 Å². The van der Waals surface area contributed by atoms with Gasteiger partial charge in [-0.3, -0.25) is 4.79 Å². The van der Waals surface area contributed by atoms with Crippen LogP contribution in [0, 0.1) is 13.8 Å². The number of amides is 1. The molecule has 0 N–H and O–H groups in total. The van der Waals surface area contributed by atoms with E-state index in [2.05, 4.69) is 31.0 Å². The van der Waals surface area contributed by atoms with Crippen LogP contribution < -0.4 is 9.70 Å². The van der Waals surface area contributed by atoms with Gasteiger partial charge in [-0.2, -0.15) is 4.99 Å². The Morgan fingerprint density at radius 3 is 2.42 bits per heavy atom. The molecule has 0 unspecified atom stereocenters. The highest BCUT2D eigenvalue weighted by Crippen LogP contribution is 2.22. The molecule has 3 aromatic rings. The van der Waals surface area contributed by atoms with Crippen LogP contribution in [0.25, 0.3) is 10.2 Å². The summed E-state index contributed by atoms with van der Waals surface area (Å²) in [5.74, 6) is -0.211. The van der Waals surface area contributed by atoms with E-state index < -0.39 is 0 Å². The SMILES string of the molecule is Cc1cc(C)c2c(c1)sc(=NC(=O)c1ccc(N(C)C)cc1)n2C. The summed E-state index contributed by atoms with van der Waals surface area (Å²) in [5.41, 5.74) is 5.23. The minimum absolute atomic E-state index is 0.211. The van der Waals surface area contributed by atoms with Gasteiger partial charge < -0.3 is 9.47 Å². The molecule has 0 bridgehead atoms. The topological polar surface area (TPSA) is 37.6 Å². The smallest absolute Gasteiger partial charge is 0.279 e. The molecular formula is C19H21N3OS. The van der Waals surface area contributed by atoms with Crippen LogP contribution in [0.4, 0.5) is 5.69 Å². The first-order valence-corrected chi connectivity index (χ1v) is 8.61. The summed E-state index contributed by atoms with van der Waals surface area (Å²) in [6, 6.07) is 11.8. The quantitative estimate of drug-likeness (QED) is 0.714. The maximum atomic E-state index is 12.5. The number of carbonyl (C=O) groups excluding carboxylic acids is 1. The maximum absolute atomic E-state index is 12.5. The van der Waals surface area contributed by atoms with Crippen molar-refractivity contribution >= 4 is 33.1 Å². The number of aromatic nitrogens is 1. The standard InChI is InChI=1S/C19H21N3OS/c1-12-10-13(2)17-16(11-12)24-19(22(17)5)20-18(23)14-6-8-15(9-7-14)21(3)4/h6-11H,1-5H3. The summed E-state index contributed by atoms with van der Waals surface area (Å²) in [4.78, 5) is 19.6. The number of hydrogen-bond acceptors (Lipinski definition) is 3. The van der Waals surface area contributed by atoms with Crippen molar-refractivity contribution in [3.05, 3.63) is 57.9 Å². The van der Waals surface area contributed by atoms with Gasteiger partial charge in [0.2, 0.25) is 0 Å². The Morgan fingerprint density at radius 2 is 1.79 bits per heavy atom. The molecule has 2 aromatic carbocycles. The Hall–Kier alpha value is -2.40. The highest BCUT2D eigenvalue weighted by atomic mass is 32.1. The number of nitrogens with zero attached hydrogens (tertiary/aromatic N) is 3. The Morgan fingerprint density at radius 1 is 1.12 bits per heavy atom. The van der Waals surface area contributed by atoms with E-state index in [1.807, 2.05) is 54.9 Å². The third kappa shape index (κ3) is 2.99. The van der Waals surface area contributed by atoms with E-state index in [0.29, 0.717) is 5.56 Å². The first kappa shape index (κ1) is 16.5. The number of carbonyl (C=O) groups is 1. The average Bonchev–Trinajstić information content (AvgIpc) is 2.83. The predicted octanol–water partition coefficient (Wildman–Crippen LogP) is 3.66. The summed E-state index contributed by atoms with van der Waals surface area (Å²) >= 11 is 1.55. The van der Waals surface area contributed by atoms with E-state index in [4.69, 9.17) is 0 Å². The fraction of sp³-hybridized carbons (Fsp3) is 0.263. The molecule has 0 saturated carbocycles. The number of fused-ring (bicyclic) bond motifs is 1. The molecule has 0 atom stereocenters.